The van der Waals surface area contributed by atoms with Crippen LogP contribution in [0.25, 0.3) is 0 Å². The minimum absolute atomic E-state index is 0.127. The molecule has 2 aromatic rings. The van der Waals surface area contributed by atoms with Gasteiger partial charge in [-0.2, -0.15) is 0 Å². The largest absolute Gasteiger partial charge is 0.318 e. The van der Waals surface area contributed by atoms with Crippen LogP contribution in [-0.4, -0.2) is 16.1 Å². The Labute approximate surface area is 126 Å². The van der Waals surface area contributed by atoms with E-state index in [0.717, 1.165) is 11.3 Å². The molecule has 1 amide bonds. The van der Waals surface area contributed by atoms with Crippen LogP contribution in [0.2, 0.25) is 19.5 Å². The third kappa shape index (κ3) is 3.05. The second kappa shape index (κ2) is 5.59. The van der Waals surface area contributed by atoms with E-state index in [0.29, 0.717) is 10.7 Å². The molecule has 0 fully saturated rings. The van der Waals surface area contributed by atoms with Gasteiger partial charge in [-0.3, -0.25) is 4.79 Å². The zero-order valence-electron chi connectivity index (χ0n) is 8.38. The van der Waals surface area contributed by atoms with E-state index in [-0.39, 0.29) is 19.5 Å². The number of nitrogens with zero attached hydrogens (tertiary/aromatic N) is 2. The molecule has 0 bridgehead atoms. The summed E-state index contributed by atoms with van der Waals surface area (Å²) in [5, 5.41) is 10.7. The number of hydrogen-bond acceptors (Lipinski definition) is 4. The fraction of sp³-hybridized carbons (Fsp3) is 0. The zero-order chi connectivity index (χ0) is 13.3. The van der Waals surface area contributed by atoms with Gasteiger partial charge in [-0.15, -0.1) is 10.2 Å². The van der Waals surface area contributed by atoms with Gasteiger partial charge >= 0.3 is 0 Å². The number of aromatic nitrogens is 2. The quantitative estimate of drug-likeness (QED) is 0.822. The first-order valence-corrected chi connectivity index (χ1v) is 6.75. The molecular weight excluding hydrogens is 340 g/mol. The van der Waals surface area contributed by atoms with Gasteiger partial charge in [0.15, 0.2) is 0 Å². The van der Waals surface area contributed by atoms with E-state index in [1.807, 2.05) is 0 Å². The van der Waals surface area contributed by atoms with E-state index in [9.17, 15) is 4.79 Å². The average Bonchev–Trinajstić information content (AvgIpc) is 2.73. The van der Waals surface area contributed by atoms with E-state index < -0.39 is 5.91 Å². The van der Waals surface area contributed by atoms with Gasteiger partial charge in [-0.05, 0) is 23.7 Å². The normalized spacial score (nSPS) is 10.4. The van der Waals surface area contributed by atoms with E-state index in [4.69, 9.17) is 46.4 Å². The fourth-order valence-corrected chi connectivity index (χ4v) is 2.41. The Kier molecular flexibility index (Phi) is 4.29. The molecule has 1 N–H and O–H groups in total. The second-order valence-electron chi connectivity index (χ2n) is 3.06. The number of amides is 1. The Bertz CT molecular complexity index is 616. The van der Waals surface area contributed by atoms with Crippen molar-refractivity contribution in [2.45, 2.75) is 0 Å². The van der Waals surface area contributed by atoms with Crippen LogP contribution in [0.3, 0.4) is 0 Å². The number of hydrogen-bond donors (Lipinski definition) is 1. The third-order valence-electron chi connectivity index (χ3n) is 1.85. The van der Waals surface area contributed by atoms with Gasteiger partial charge in [-0.1, -0.05) is 46.1 Å². The summed E-state index contributed by atoms with van der Waals surface area (Å²) >= 11 is 24.1. The number of carbonyl (C=O) groups is 1. The molecule has 1 aromatic carbocycles. The van der Waals surface area contributed by atoms with Gasteiger partial charge in [-0.25, -0.2) is 0 Å². The molecule has 0 unspecified atom stereocenters. The van der Waals surface area contributed by atoms with Crippen molar-refractivity contribution in [1.82, 2.24) is 10.2 Å². The summed E-state index contributed by atoms with van der Waals surface area (Å²) in [4.78, 5) is 11.8. The van der Waals surface area contributed by atoms with Crippen LogP contribution in [-0.2, 0) is 0 Å². The molecule has 94 valence electrons. The van der Waals surface area contributed by atoms with Gasteiger partial charge in [0.25, 0.3) is 5.91 Å². The summed E-state index contributed by atoms with van der Waals surface area (Å²) in [6.07, 6.45) is 0. The maximum atomic E-state index is 11.8. The highest BCUT2D eigenvalue weighted by Crippen LogP contribution is 2.32. The molecule has 0 radical (unpaired) electrons. The molecule has 0 aliphatic heterocycles. The molecule has 1 aromatic heterocycles. The predicted molar refractivity (Wildman–Crippen MR) is 74.3 cm³/mol. The molecule has 0 atom stereocenters. The lowest BCUT2D eigenvalue weighted by Gasteiger charge is -2.06. The van der Waals surface area contributed by atoms with Crippen LogP contribution in [0.15, 0.2) is 12.1 Å². The Morgan fingerprint density at radius 1 is 1.06 bits per heavy atom. The molecule has 2 rings (SSSR count). The van der Waals surface area contributed by atoms with E-state index in [2.05, 4.69) is 15.5 Å². The number of nitrogens with one attached hydrogen (secondary N) is 1. The molecule has 0 aliphatic rings. The smallest absolute Gasteiger partial charge is 0.286 e. The maximum absolute atomic E-state index is 11.8. The first kappa shape index (κ1) is 13.8. The van der Waals surface area contributed by atoms with Crippen LogP contribution in [0.5, 0.6) is 0 Å². The van der Waals surface area contributed by atoms with Crippen molar-refractivity contribution in [3.8, 4) is 0 Å². The van der Waals surface area contributed by atoms with Crippen molar-refractivity contribution in [2.24, 2.45) is 0 Å². The lowest BCUT2D eigenvalue weighted by Crippen LogP contribution is -2.12. The van der Waals surface area contributed by atoms with E-state index >= 15 is 0 Å². The Morgan fingerprint density at radius 2 is 1.72 bits per heavy atom. The Balaban J connectivity index is 2.24. The van der Waals surface area contributed by atoms with Crippen molar-refractivity contribution in [2.75, 3.05) is 5.32 Å². The lowest BCUT2D eigenvalue weighted by atomic mass is 10.3. The SMILES string of the molecule is O=C(Nc1cc(Cl)c(Cl)cc1Cl)c1nnc(Cl)s1. The summed E-state index contributed by atoms with van der Waals surface area (Å²) in [5.41, 5.74) is 0.336. The number of benzene rings is 1. The molecule has 0 saturated carbocycles. The second-order valence-corrected chi connectivity index (χ2v) is 5.84. The monoisotopic (exact) mass is 341 g/mol. The highest BCUT2D eigenvalue weighted by Gasteiger charge is 2.14. The van der Waals surface area contributed by atoms with Gasteiger partial charge in [0.2, 0.25) is 9.47 Å². The van der Waals surface area contributed by atoms with E-state index in [1.165, 1.54) is 12.1 Å². The van der Waals surface area contributed by atoms with Gasteiger partial charge in [0.05, 0.1) is 20.8 Å². The lowest BCUT2D eigenvalue weighted by molar-refractivity contribution is 0.102. The first-order chi connectivity index (χ1) is 8.47. The summed E-state index contributed by atoms with van der Waals surface area (Å²) < 4.78 is 0.181. The Hall–Kier alpha value is -0.590. The molecule has 4 nitrogen and oxygen atoms in total. The first-order valence-electron chi connectivity index (χ1n) is 4.42. The molecule has 18 heavy (non-hydrogen) atoms. The topological polar surface area (TPSA) is 54.9 Å². The highest BCUT2D eigenvalue weighted by atomic mass is 35.5. The molecule has 1 heterocycles. The minimum Gasteiger partial charge on any atom is -0.318 e. The summed E-state index contributed by atoms with van der Waals surface area (Å²) in [6.45, 7) is 0. The van der Waals surface area contributed by atoms with Crippen LogP contribution in [0, 0.1) is 0 Å². The van der Waals surface area contributed by atoms with Crippen molar-refractivity contribution in [1.29, 1.82) is 0 Å². The molecule has 0 saturated heterocycles. The van der Waals surface area contributed by atoms with Crippen molar-refractivity contribution in [3.05, 3.63) is 36.7 Å². The van der Waals surface area contributed by atoms with Gasteiger partial charge < -0.3 is 5.32 Å². The fourth-order valence-electron chi connectivity index (χ4n) is 1.09. The summed E-state index contributed by atoms with van der Waals surface area (Å²) in [5.74, 6) is -0.473. The van der Waals surface area contributed by atoms with Crippen LogP contribution < -0.4 is 5.32 Å². The molecular formula is C9H3Cl4N3OS. The minimum atomic E-state index is -0.473. The van der Waals surface area contributed by atoms with Crippen molar-refractivity contribution < 1.29 is 4.79 Å². The predicted octanol–water partition coefficient (Wildman–Crippen LogP) is 4.40. The summed E-state index contributed by atoms with van der Waals surface area (Å²) in [7, 11) is 0. The Morgan fingerprint density at radius 3 is 2.33 bits per heavy atom. The zero-order valence-corrected chi connectivity index (χ0v) is 12.2. The van der Waals surface area contributed by atoms with E-state index in [1.54, 1.807) is 0 Å². The third-order valence-corrected chi connectivity index (χ3v) is 3.91. The molecule has 0 spiro atoms. The number of rotatable bonds is 2. The number of carbonyl (C=O) groups excluding carboxylic acids is 1. The average molecular weight is 343 g/mol. The van der Waals surface area contributed by atoms with Crippen molar-refractivity contribution >= 4 is 69.3 Å². The molecule has 9 heteroatoms. The van der Waals surface area contributed by atoms with Gasteiger partial charge in [0, 0.05) is 0 Å². The van der Waals surface area contributed by atoms with Crippen LogP contribution >= 0.6 is 57.7 Å². The van der Waals surface area contributed by atoms with Crippen LogP contribution in [0.1, 0.15) is 9.80 Å². The van der Waals surface area contributed by atoms with Crippen molar-refractivity contribution in [3.63, 3.8) is 0 Å². The highest BCUT2D eigenvalue weighted by molar-refractivity contribution is 7.17. The van der Waals surface area contributed by atoms with Gasteiger partial charge in [0.1, 0.15) is 0 Å². The number of anilines is 1. The standard InChI is InChI=1S/C9H3Cl4N3OS/c10-3-1-5(12)6(2-4(3)11)14-7(17)8-15-16-9(13)18-8/h1-2H,(H,14,17). The summed E-state index contributed by atoms with van der Waals surface area (Å²) in [6, 6.07) is 2.89. The number of halogens is 4. The van der Waals surface area contributed by atoms with Crippen LogP contribution in [0.4, 0.5) is 5.69 Å². The molecule has 0 aliphatic carbocycles. The maximum Gasteiger partial charge on any atom is 0.286 e.